The highest BCUT2D eigenvalue weighted by molar-refractivity contribution is 6.35. The van der Waals surface area contributed by atoms with E-state index in [2.05, 4.69) is 218 Å². The first-order chi connectivity index (χ1) is 35.7. The fourth-order valence-corrected chi connectivity index (χ4v) is 13.7. The van der Waals surface area contributed by atoms with Crippen LogP contribution in [0.5, 0.6) is 0 Å². The van der Waals surface area contributed by atoms with Crippen molar-refractivity contribution >= 4 is 119 Å². The standard InChI is InChI=1S/C70H36O2/c1-3-13-42-37(11-1)32-58-54-31-39-23-26-50-44(53(39)36-55(54)49-19-9-17-47(42)66(49)58)27-28-52-64(40-24-29-62-56(34-40)45-15-5-7-21-60(45)71-62)70-59-33-38-12-2-4-14-43(38)48-18-10-20-51(67(48)59)69(70)65(68(50)52)41-25-30-63-57(35-41)46-16-6-8-22-61(46)72-63/h1-36H. The molecule has 2 aliphatic rings. The van der Waals surface area contributed by atoms with Gasteiger partial charge in [0.25, 0.3) is 0 Å². The van der Waals surface area contributed by atoms with Crippen LogP contribution in [0.3, 0.4) is 0 Å². The fourth-order valence-electron chi connectivity index (χ4n) is 13.7. The van der Waals surface area contributed by atoms with Crippen molar-refractivity contribution in [2.75, 3.05) is 0 Å². The number of fused-ring (bicyclic) bond motifs is 21. The van der Waals surface area contributed by atoms with Crippen molar-refractivity contribution in [3.8, 4) is 66.8 Å². The fraction of sp³-hybridized carbons (Fsp3) is 0. The topological polar surface area (TPSA) is 26.3 Å². The minimum Gasteiger partial charge on any atom is -0.456 e. The van der Waals surface area contributed by atoms with Crippen LogP contribution in [0.25, 0.3) is 186 Å². The zero-order valence-corrected chi connectivity index (χ0v) is 38.6. The molecule has 0 aliphatic heterocycles. The number of furan rings is 2. The van der Waals surface area contributed by atoms with Crippen LogP contribution in [0.2, 0.25) is 0 Å². The lowest BCUT2D eigenvalue weighted by atomic mass is 9.80. The van der Waals surface area contributed by atoms with E-state index in [-0.39, 0.29) is 0 Å². The molecule has 2 heteroatoms. The Balaban J connectivity index is 1.03. The van der Waals surface area contributed by atoms with Crippen LogP contribution in [-0.4, -0.2) is 0 Å². The first-order valence-electron chi connectivity index (χ1n) is 25.0. The molecule has 2 aromatic heterocycles. The molecule has 0 amide bonds. The molecule has 0 spiro atoms. The second kappa shape index (κ2) is 13.2. The highest BCUT2D eigenvalue weighted by atomic mass is 16.3. The van der Waals surface area contributed by atoms with Crippen LogP contribution >= 0.6 is 0 Å². The second-order valence-electron chi connectivity index (χ2n) is 20.1. The summed E-state index contributed by atoms with van der Waals surface area (Å²) in [6, 6.07) is 81.7. The van der Waals surface area contributed by atoms with E-state index >= 15 is 0 Å². The van der Waals surface area contributed by atoms with E-state index < -0.39 is 0 Å². The smallest absolute Gasteiger partial charge is 0.135 e. The minimum atomic E-state index is 0.892. The summed E-state index contributed by atoms with van der Waals surface area (Å²) in [6.07, 6.45) is 0. The Morgan fingerprint density at radius 3 is 1.36 bits per heavy atom. The van der Waals surface area contributed by atoms with Gasteiger partial charge in [-0.3, -0.25) is 0 Å². The Morgan fingerprint density at radius 2 is 0.667 bits per heavy atom. The van der Waals surface area contributed by atoms with Crippen molar-refractivity contribution in [2.45, 2.75) is 0 Å². The normalized spacial score (nSPS) is 12.7. The van der Waals surface area contributed by atoms with Gasteiger partial charge < -0.3 is 8.83 Å². The molecule has 14 aromatic carbocycles. The van der Waals surface area contributed by atoms with Gasteiger partial charge in [0.1, 0.15) is 22.3 Å². The summed E-state index contributed by atoms with van der Waals surface area (Å²) in [5, 5.41) is 22.3. The molecule has 72 heavy (non-hydrogen) atoms. The molecule has 328 valence electrons. The van der Waals surface area contributed by atoms with Crippen molar-refractivity contribution in [3.63, 3.8) is 0 Å². The zero-order chi connectivity index (χ0) is 46.5. The van der Waals surface area contributed by atoms with Gasteiger partial charge in [-0.1, -0.05) is 158 Å². The predicted octanol–water partition coefficient (Wildman–Crippen LogP) is 20.2. The summed E-state index contributed by atoms with van der Waals surface area (Å²) >= 11 is 0. The van der Waals surface area contributed by atoms with E-state index in [1.165, 1.54) is 142 Å². The van der Waals surface area contributed by atoms with Gasteiger partial charge in [-0.2, -0.15) is 0 Å². The Labute approximate surface area is 411 Å². The number of rotatable bonds is 2. The van der Waals surface area contributed by atoms with E-state index in [1.54, 1.807) is 0 Å². The molecule has 0 bridgehead atoms. The van der Waals surface area contributed by atoms with Crippen LogP contribution in [0.4, 0.5) is 0 Å². The van der Waals surface area contributed by atoms with Gasteiger partial charge in [-0.05, 0) is 203 Å². The zero-order valence-electron chi connectivity index (χ0n) is 38.6. The molecule has 0 atom stereocenters. The maximum atomic E-state index is 6.51. The third-order valence-corrected chi connectivity index (χ3v) is 16.6. The van der Waals surface area contributed by atoms with Gasteiger partial charge in [0.2, 0.25) is 0 Å². The van der Waals surface area contributed by atoms with Crippen molar-refractivity contribution in [2.24, 2.45) is 0 Å². The van der Waals surface area contributed by atoms with E-state index in [0.29, 0.717) is 0 Å². The molecule has 0 N–H and O–H groups in total. The summed E-state index contributed by atoms with van der Waals surface area (Å²) in [5.41, 5.74) is 18.7. The summed E-state index contributed by atoms with van der Waals surface area (Å²) in [7, 11) is 0. The molecule has 16 aromatic rings. The van der Waals surface area contributed by atoms with Crippen LogP contribution in [0, 0.1) is 0 Å². The molecule has 0 saturated carbocycles. The van der Waals surface area contributed by atoms with Gasteiger partial charge in [-0.15, -0.1) is 0 Å². The summed E-state index contributed by atoms with van der Waals surface area (Å²) < 4.78 is 13.0. The average molecular weight is 909 g/mol. The molecular weight excluding hydrogens is 873 g/mol. The molecule has 0 radical (unpaired) electrons. The van der Waals surface area contributed by atoms with Gasteiger partial charge in [0.15, 0.2) is 0 Å². The van der Waals surface area contributed by atoms with Gasteiger partial charge in [0.05, 0.1) is 0 Å². The molecule has 0 unspecified atom stereocenters. The molecule has 2 nitrogen and oxygen atoms in total. The summed E-state index contributed by atoms with van der Waals surface area (Å²) in [4.78, 5) is 0. The van der Waals surface area contributed by atoms with E-state index in [9.17, 15) is 0 Å². The third-order valence-electron chi connectivity index (χ3n) is 16.6. The van der Waals surface area contributed by atoms with E-state index in [0.717, 1.165) is 43.9 Å². The molecule has 0 fully saturated rings. The first-order valence-corrected chi connectivity index (χ1v) is 25.0. The van der Waals surface area contributed by atoms with Gasteiger partial charge in [0, 0.05) is 21.5 Å². The number of benzene rings is 14. The third kappa shape index (κ3) is 4.66. The highest BCUT2D eigenvalue weighted by Gasteiger charge is 2.33. The van der Waals surface area contributed by atoms with Crippen LogP contribution in [0.1, 0.15) is 0 Å². The maximum absolute atomic E-state index is 6.51. The monoisotopic (exact) mass is 908 g/mol. The predicted molar refractivity (Wildman–Crippen MR) is 303 cm³/mol. The Morgan fingerprint density at radius 1 is 0.194 bits per heavy atom. The van der Waals surface area contributed by atoms with E-state index in [4.69, 9.17) is 8.83 Å². The highest BCUT2D eigenvalue weighted by Crippen LogP contribution is 2.60. The second-order valence-corrected chi connectivity index (χ2v) is 20.1. The average Bonchev–Trinajstić information content (AvgIpc) is 4.18. The molecule has 2 aliphatic carbocycles. The lowest BCUT2D eigenvalue weighted by Gasteiger charge is -2.22. The molecule has 0 saturated heterocycles. The SMILES string of the molecule is c1ccc2c(c1)cc1c3c(cccc32)-c2cc3c(ccc4c3ccc3c(-c5ccc6oc7ccccc7c6c5)c5c(c(-c6ccc7oc8ccccc8c7c6)c34)-c3cccc4c3c-5cc3ccccc34)cc2-1. The van der Waals surface area contributed by atoms with Gasteiger partial charge >= 0.3 is 0 Å². The summed E-state index contributed by atoms with van der Waals surface area (Å²) in [5.74, 6) is 0. The lowest BCUT2D eigenvalue weighted by molar-refractivity contribution is 0.668. The molecule has 2 heterocycles. The molecular formula is C70H36O2. The van der Waals surface area contributed by atoms with Crippen molar-refractivity contribution in [3.05, 3.63) is 218 Å². The quantitative estimate of drug-likeness (QED) is 0.162. The van der Waals surface area contributed by atoms with E-state index in [1.807, 2.05) is 0 Å². The Bertz CT molecular complexity index is 5220. The van der Waals surface area contributed by atoms with Crippen molar-refractivity contribution in [1.29, 1.82) is 0 Å². The number of para-hydroxylation sites is 2. The first kappa shape index (κ1) is 37.4. The van der Waals surface area contributed by atoms with Crippen molar-refractivity contribution in [1.82, 2.24) is 0 Å². The van der Waals surface area contributed by atoms with Gasteiger partial charge in [-0.25, -0.2) is 0 Å². The Hall–Kier alpha value is -9.50. The van der Waals surface area contributed by atoms with Crippen LogP contribution in [-0.2, 0) is 0 Å². The molecule has 18 rings (SSSR count). The van der Waals surface area contributed by atoms with Crippen LogP contribution in [0.15, 0.2) is 227 Å². The van der Waals surface area contributed by atoms with Crippen LogP contribution < -0.4 is 0 Å². The Kier molecular flexibility index (Phi) is 6.87. The largest absolute Gasteiger partial charge is 0.456 e. The maximum Gasteiger partial charge on any atom is 0.135 e. The minimum absolute atomic E-state index is 0.892. The number of hydrogen-bond donors (Lipinski definition) is 0. The van der Waals surface area contributed by atoms with Crippen molar-refractivity contribution < 1.29 is 8.83 Å². The lowest BCUT2D eigenvalue weighted by Crippen LogP contribution is -1.95. The summed E-state index contributed by atoms with van der Waals surface area (Å²) in [6.45, 7) is 0. The number of hydrogen-bond acceptors (Lipinski definition) is 2.